The Labute approximate surface area is 141 Å². The molecule has 2 aliphatic heterocycles. The summed E-state index contributed by atoms with van der Waals surface area (Å²) in [7, 11) is 0. The first-order chi connectivity index (χ1) is 11.1. The SMILES string of the molecule is Cc1ccc(NC(=O)CCCC[C@@H]2SC[C@@H]3NC(=O)N[C@@H]32)cc1. The minimum Gasteiger partial charge on any atom is -0.332 e. The van der Waals surface area contributed by atoms with E-state index in [0.29, 0.717) is 11.7 Å². The number of thioether (sulfide) groups is 1. The van der Waals surface area contributed by atoms with Crippen LogP contribution in [0.4, 0.5) is 10.5 Å². The Morgan fingerprint density at radius 2 is 2.04 bits per heavy atom. The van der Waals surface area contributed by atoms with Crippen molar-refractivity contribution in [2.45, 2.75) is 49.9 Å². The van der Waals surface area contributed by atoms with Gasteiger partial charge in [0.2, 0.25) is 5.91 Å². The number of anilines is 1. The molecule has 0 spiro atoms. The second kappa shape index (κ2) is 7.25. The first-order valence-corrected chi connectivity index (χ1v) is 9.22. The van der Waals surface area contributed by atoms with E-state index < -0.39 is 0 Å². The van der Waals surface area contributed by atoms with Crippen molar-refractivity contribution in [3.8, 4) is 0 Å². The molecule has 124 valence electrons. The van der Waals surface area contributed by atoms with Crippen molar-refractivity contribution in [3.63, 3.8) is 0 Å². The first-order valence-electron chi connectivity index (χ1n) is 8.17. The van der Waals surface area contributed by atoms with E-state index in [9.17, 15) is 9.59 Å². The van der Waals surface area contributed by atoms with Gasteiger partial charge in [0, 0.05) is 23.1 Å². The molecule has 2 saturated heterocycles. The van der Waals surface area contributed by atoms with E-state index in [-0.39, 0.29) is 24.0 Å². The van der Waals surface area contributed by atoms with E-state index in [4.69, 9.17) is 0 Å². The zero-order valence-electron chi connectivity index (χ0n) is 13.3. The van der Waals surface area contributed by atoms with Crippen LogP contribution in [0.1, 0.15) is 31.2 Å². The van der Waals surface area contributed by atoms with Gasteiger partial charge in [-0.15, -0.1) is 0 Å². The molecular weight excluding hydrogens is 310 g/mol. The summed E-state index contributed by atoms with van der Waals surface area (Å²) in [5.41, 5.74) is 2.04. The Kier molecular flexibility index (Phi) is 5.10. The average molecular weight is 333 g/mol. The highest BCUT2D eigenvalue weighted by Gasteiger charge is 2.42. The van der Waals surface area contributed by atoms with E-state index in [0.717, 1.165) is 30.7 Å². The summed E-state index contributed by atoms with van der Waals surface area (Å²) in [6.45, 7) is 2.03. The number of hydrogen-bond donors (Lipinski definition) is 3. The fourth-order valence-corrected chi connectivity index (χ4v) is 4.68. The van der Waals surface area contributed by atoms with Crippen molar-refractivity contribution < 1.29 is 9.59 Å². The van der Waals surface area contributed by atoms with Crippen LogP contribution in [0.3, 0.4) is 0 Å². The summed E-state index contributed by atoms with van der Waals surface area (Å²) in [4.78, 5) is 23.3. The Bertz CT molecular complexity index is 576. The van der Waals surface area contributed by atoms with Crippen LogP contribution in [0.15, 0.2) is 24.3 Å². The van der Waals surface area contributed by atoms with Gasteiger partial charge in [-0.1, -0.05) is 24.1 Å². The number of fused-ring (bicyclic) bond motifs is 1. The average Bonchev–Trinajstić information content (AvgIpc) is 3.06. The topological polar surface area (TPSA) is 70.2 Å². The maximum absolute atomic E-state index is 11.9. The lowest BCUT2D eigenvalue weighted by atomic mass is 10.0. The number of carbonyl (C=O) groups is 2. The van der Waals surface area contributed by atoms with Gasteiger partial charge >= 0.3 is 6.03 Å². The van der Waals surface area contributed by atoms with Crippen LogP contribution < -0.4 is 16.0 Å². The summed E-state index contributed by atoms with van der Waals surface area (Å²) < 4.78 is 0. The number of aryl methyl sites for hydroxylation is 1. The van der Waals surface area contributed by atoms with Gasteiger partial charge in [-0.3, -0.25) is 4.79 Å². The van der Waals surface area contributed by atoms with Crippen LogP contribution in [-0.4, -0.2) is 35.0 Å². The van der Waals surface area contributed by atoms with Crippen LogP contribution in [-0.2, 0) is 4.79 Å². The number of hydrogen-bond acceptors (Lipinski definition) is 3. The molecule has 3 atom stereocenters. The molecule has 0 radical (unpaired) electrons. The van der Waals surface area contributed by atoms with Gasteiger partial charge < -0.3 is 16.0 Å². The summed E-state index contributed by atoms with van der Waals surface area (Å²) in [5.74, 6) is 1.06. The molecule has 3 amide bonds. The monoisotopic (exact) mass is 333 g/mol. The number of urea groups is 1. The molecule has 0 aromatic heterocycles. The molecule has 0 bridgehead atoms. The molecule has 0 saturated carbocycles. The van der Waals surface area contributed by atoms with E-state index in [1.165, 1.54) is 5.56 Å². The summed E-state index contributed by atoms with van der Waals surface area (Å²) in [6, 6.07) is 8.34. The molecule has 5 nitrogen and oxygen atoms in total. The third-order valence-electron chi connectivity index (χ3n) is 4.42. The number of benzene rings is 1. The predicted octanol–water partition coefficient (Wildman–Crippen LogP) is 2.66. The van der Waals surface area contributed by atoms with Gasteiger partial charge in [0.05, 0.1) is 12.1 Å². The van der Waals surface area contributed by atoms with Crippen molar-refractivity contribution >= 4 is 29.4 Å². The van der Waals surface area contributed by atoms with Crippen LogP contribution in [0.5, 0.6) is 0 Å². The Morgan fingerprint density at radius 3 is 2.83 bits per heavy atom. The predicted molar refractivity (Wildman–Crippen MR) is 93.8 cm³/mol. The van der Waals surface area contributed by atoms with E-state index >= 15 is 0 Å². The van der Waals surface area contributed by atoms with Gasteiger partial charge in [-0.05, 0) is 31.9 Å². The molecule has 0 unspecified atom stereocenters. The fourth-order valence-electron chi connectivity index (χ4n) is 3.13. The standard InChI is InChI=1S/C17H23N3O2S/c1-11-6-8-12(9-7-11)18-15(21)5-3-2-4-14-16-13(10-23-14)19-17(22)20-16/h6-9,13-14,16H,2-5,10H2,1H3,(H,18,21)(H2,19,20,22)/t13-,14-,16-/m0/s1. The summed E-state index contributed by atoms with van der Waals surface area (Å²) >= 11 is 1.92. The van der Waals surface area contributed by atoms with Crippen molar-refractivity contribution in [3.05, 3.63) is 29.8 Å². The fraction of sp³-hybridized carbons (Fsp3) is 0.529. The minimum absolute atomic E-state index is 0.0391. The number of rotatable bonds is 6. The molecule has 3 N–H and O–H groups in total. The highest BCUT2D eigenvalue weighted by molar-refractivity contribution is 8.00. The molecule has 2 heterocycles. The zero-order chi connectivity index (χ0) is 16.2. The van der Waals surface area contributed by atoms with Gasteiger partial charge in [-0.2, -0.15) is 11.8 Å². The lowest BCUT2D eigenvalue weighted by molar-refractivity contribution is -0.116. The molecule has 0 aliphatic carbocycles. The number of amides is 3. The number of nitrogens with one attached hydrogen (secondary N) is 3. The Balaban J connectivity index is 1.34. The summed E-state index contributed by atoms with van der Waals surface area (Å²) in [6.07, 6.45) is 3.49. The maximum atomic E-state index is 11.9. The van der Waals surface area contributed by atoms with E-state index in [1.54, 1.807) is 0 Å². The molecule has 2 aliphatic rings. The third-order valence-corrected chi connectivity index (χ3v) is 5.92. The van der Waals surface area contributed by atoms with Crippen LogP contribution in [0.2, 0.25) is 0 Å². The van der Waals surface area contributed by atoms with Crippen molar-refractivity contribution in [2.24, 2.45) is 0 Å². The Hall–Kier alpha value is -1.69. The molecule has 23 heavy (non-hydrogen) atoms. The van der Waals surface area contributed by atoms with Gasteiger partial charge in [0.25, 0.3) is 0 Å². The minimum atomic E-state index is -0.0391. The maximum Gasteiger partial charge on any atom is 0.315 e. The van der Waals surface area contributed by atoms with Gasteiger partial charge in [0.15, 0.2) is 0 Å². The van der Waals surface area contributed by atoms with Crippen molar-refractivity contribution in [1.29, 1.82) is 0 Å². The van der Waals surface area contributed by atoms with Crippen LogP contribution in [0, 0.1) is 6.92 Å². The Morgan fingerprint density at radius 1 is 1.26 bits per heavy atom. The molecule has 3 rings (SSSR count). The normalized spacial score (nSPS) is 25.6. The second-order valence-electron chi connectivity index (χ2n) is 6.28. The molecule has 6 heteroatoms. The van der Waals surface area contributed by atoms with Crippen LogP contribution in [0.25, 0.3) is 0 Å². The van der Waals surface area contributed by atoms with E-state index in [2.05, 4.69) is 16.0 Å². The summed E-state index contributed by atoms with van der Waals surface area (Å²) in [5, 5.41) is 9.35. The highest BCUT2D eigenvalue weighted by atomic mass is 32.2. The number of carbonyl (C=O) groups excluding carboxylic acids is 2. The molecule has 1 aromatic rings. The van der Waals surface area contributed by atoms with Crippen molar-refractivity contribution in [1.82, 2.24) is 10.6 Å². The smallest absolute Gasteiger partial charge is 0.315 e. The largest absolute Gasteiger partial charge is 0.332 e. The zero-order valence-corrected chi connectivity index (χ0v) is 14.1. The van der Waals surface area contributed by atoms with Gasteiger partial charge in [0.1, 0.15) is 0 Å². The van der Waals surface area contributed by atoms with Gasteiger partial charge in [-0.25, -0.2) is 4.79 Å². The highest BCUT2D eigenvalue weighted by Crippen LogP contribution is 2.33. The lowest BCUT2D eigenvalue weighted by Gasteiger charge is -2.16. The third kappa shape index (κ3) is 4.19. The lowest BCUT2D eigenvalue weighted by Crippen LogP contribution is -2.36. The second-order valence-corrected chi connectivity index (χ2v) is 7.55. The van der Waals surface area contributed by atoms with Crippen LogP contribution >= 0.6 is 11.8 Å². The van der Waals surface area contributed by atoms with E-state index in [1.807, 2.05) is 43.0 Å². The molecule has 1 aromatic carbocycles. The molecular formula is C17H23N3O2S. The number of unbranched alkanes of at least 4 members (excludes halogenated alkanes) is 1. The molecule has 2 fully saturated rings. The van der Waals surface area contributed by atoms with Crippen molar-refractivity contribution in [2.75, 3.05) is 11.1 Å². The quantitative estimate of drug-likeness (QED) is 0.554. The first kappa shape index (κ1) is 16.2.